The first-order valence-electron chi connectivity index (χ1n) is 14.5. The minimum absolute atomic E-state index is 0.373. The molecule has 0 radical (unpaired) electrons. The molecule has 0 saturated heterocycles. The number of nitrogens with one attached hydrogen (secondary N) is 2. The van der Waals surface area contributed by atoms with Gasteiger partial charge in [0.1, 0.15) is 36.2 Å². The van der Waals surface area contributed by atoms with E-state index in [4.69, 9.17) is 9.47 Å². The molecule has 0 amide bonds. The number of H-pyrrole nitrogens is 2. The van der Waals surface area contributed by atoms with Gasteiger partial charge >= 0.3 is 0 Å². The molecule has 7 rings (SSSR count). The summed E-state index contributed by atoms with van der Waals surface area (Å²) in [7, 11) is 3.93. The first-order chi connectivity index (χ1) is 22.0. The molecule has 0 saturated carbocycles. The van der Waals surface area contributed by atoms with Crippen molar-refractivity contribution < 1.29 is 13.9 Å². The van der Waals surface area contributed by atoms with E-state index >= 15 is 0 Å². The Labute approximate surface area is 258 Å². The highest BCUT2D eigenvalue weighted by Crippen LogP contribution is 2.36. The molecule has 0 atom stereocenters. The number of rotatable bonds is 10. The quantitative estimate of drug-likeness (QED) is 0.176. The van der Waals surface area contributed by atoms with Crippen molar-refractivity contribution in [2.75, 3.05) is 27.2 Å². The monoisotopic (exact) mass is 599 g/mol. The van der Waals surface area contributed by atoms with Gasteiger partial charge in [-0.15, -0.1) is 0 Å². The number of likely N-dealkylation sites (N-methyl/N-ethyl adjacent to an activating group) is 1. The Morgan fingerprint density at radius 1 is 0.778 bits per heavy atom. The third-order valence-corrected chi connectivity index (χ3v) is 7.49. The van der Waals surface area contributed by atoms with Gasteiger partial charge in [-0.25, -0.2) is 4.39 Å². The molecule has 2 N–H and O–H groups in total. The van der Waals surface area contributed by atoms with E-state index < -0.39 is 0 Å². The Kier molecular flexibility index (Phi) is 7.62. The summed E-state index contributed by atoms with van der Waals surface area (Å²) in [5, 5.41) is 9.48. The zero-order chi connectivity index (χ0) is 30.8. The fourth-order valence-electron chi connectivity index (χ4n) is 5.22. The van der Waals surface area contributed by atoms with Crippen molar-refractivity contribution in [1.82, 2.24) is 35.0 Å². The van der Waals surface area contributed by atoms with Crippen molar-refractivity contribution in [2.24, 2.45) is 0 Å². The lowest BCUT2D eigenvalue weighted by Gasteiger charge is -2.12. The highest BCUT2D eigenvalue weighted by Gasteiger charge is 2.16. The van der Waals surface area contributed by atoms with Gasteiger partial charge in [-0.1, -0.05) is 30.3 Å². The van der Waals surface area contributed by atoms with Gasteiger partial charge in [0, 0.05) is 46.9 Å². The van der Waals surface area contributed by atoms with Crippen molar-refractivity contribution in [3.8, 4) is 45.3 Å². The van der Waals surface area contributed by atoms with Gasteiger partial charge in [0.05, 0.1) is 41.0 Å². The first-order valence-corrected chi connectivity index (χ1v) is 14.5. The maximum Gasteiger partial charge on any atom is 0.138 e. The number of fused-ring (bicyclic) bond motifs is 2. The molecule has 0 aliphatic carbocycles. The Balaban J connectivity index is 1.20. The Morgan fingerprint density at radius 3 is 2.49 bits per heavy atom. The zero-order valence-corrected chi connectivity index (χ0v) is 24.8. The summed E-state index contributed by atoms with van der Waals surface area (Å²) in [5.74, 6) is 0.759. The van der Waals surface area contributed by atoms with E-state index in [1.165, 1.54) is 12.1 Å². The lowest BCUT2D eigenvalue weighted by Crippen LogP contribution is -2.19. The molecular weight excluding hydrogens is 569 g/mol. The van der Waals surface area contributed by atoms with Crippen molar-refractivity contribution in [2.45, 2.75) is 6.61 Å². The summed E-state index contributed by atoms with van der Waals surface area (Å²) >= 11 is 0. The molecule has 0 fully saturated rings. The summed E-state index contributed by atoms with van der Waals surface area (Å²) < 4.78 is 26.5. The number of hydrogen-bond donors (Lipinski definition) is 2. The number of halogens is 1. The minimum atomic E-state index is -0.373. The predicted molar refractivity (Wildman–Crippen MR) is 172 cm³/mol. The van der Waals surface area contributed by atoms with Crippen LogP contribution < -0.4 is 9.47 Å². The molecule has 9 nitrogen and oxygen atoms in total. The summed E-state index contributed by atoms with van der Waals surface area (Å²) in [5.41, 5.74) is 7.22. The van der Waals surface area contributed by atoms with Gasteiger partial charge < -0.3 is 19.4 Å². The minimum Gasteiger partial charge on any atom is -0.492 e. The number of benzene rings is 2. The van der Waals surface area contributed by atoms with E-state index in [-0.39, 0.29) is 5.82 Å². The number of aromatic amines is 2. The second kappa shape index (κ2) is 12.2. The molecule has 7 aromatic rings. The van der Waals surface area contributed by atoms with Gasteiger partial charge in [-0.3, -0.25) is 20.1 Å². The molecule has 0 aliphatic heterocycles. The lowest BCUT2D eigenvalue weighted by atomic mass is 10.0. The second-order valence-corrected chi connectivity index (χ2v) is 11.0. The van der Waals surface area contributed by atoms with Crippen LogP contribution in [-0.4, -0.2) is 62.3 Å². The largest absolute Gasteiger partial charge is 0.492 e. The third-order valence-electron chi connectivity index (χ3n) is 7.49. The molecule has 224 valence electrons. The van der Waals surface area contributed by atoms with Crippen LogP contribution in [0, 0.1) is 5.82 Å². The van der Waals surface area contributed by atoms with Crippen LogP contribution in [0.3, 0.4) is 0 Å². The van der Waals surface area contributed by atoms with Crippen LogP contribution in [0.15, 0.2) is 97.7 Å². The molecule has 0 aliphatic rings. The van der Waals surface area contributed by atoms with Crippen LogP contribution in [-0.2, 0) is 6.61 Å². The second-order valence-electron chi connectivity index (χ2n) is 11.0. The van der Waals surface area contributed by atoms with Crippen LogP contribution in [0.4, 0.5) is 4.39 Å². The predicted octanol–water partition coefficient (Wildman–Crippen LogP) is 6.89. The first kappa shape index (κ1) is 28.2. The normalized spacial score (nSPS) is 11.5. The van der Waals surface area contributed by atoms with Gasteiger partial charge in [0.15, 0.2) is 0 Å². The number of hydrogen-bond acceptors (Lipinski definition) is 7. The standard InChI is InChI=1S/C35H30FN7O2/c1-43(2)8-9-44-26-11-23(10-25(36)13-26)30-18-38-19-33-28(30)14-32(40-33)35-29-15-31(39-20-34(29)41-42-35)24-12-27(17-37-16-24)45-21-22-6-4-3-5-7-22/h3-7,10-20,40H,8-9,21H2,1-2H3,(H,41,42). The smallest absolute Gasteiger partial charge is 0.138 e. The fourth-order valence-corrected chi connectivity index (χ4v) is 5.22. The average molecular weight is 600 g/mol. The number of nitrogens with zero attached hydrogens (tertiary/aromatic N) is 5. The van der Waals surface area contributed by atoms with Gasteiger partial charge in [0.25, 0.3) is 0 Å². The van der Waals surface area contributed by atoms with Gasteiger partial charge in [-0.05, 0) is 55.6 Å². The number of ether oxygens (including phenoxy) is 2. The molecule has 10 heteroatoms. The van der Waals surface area contributed by atoms with Crippen molar-refractivity contribution in [3.05, 3.63) is 109 Å². The summed E-state index contributed by atoms with van der Waals surface area (Å²) in [6.45, 7) is 1.63. The average Bonchev–Trinajstić information content (AvgIpc) is 3.68. The lowest BCUT2D eigenvalue weighted by molar-refractivity contribution is 0.260. The van der Waals surface area contributed by atoms with E-state index in [0.29, 0.717) is 30.3 Å². The third kappa shape index (κ3) is 6.09. The molecule has 5 heterocycles. The van der Waals surface area contributed by atoms with Crippen LogP contribution in [0.5, 0.6) is 11.5 Å². The zero-order valence-electron chi connectivity index (χ0n) is 24.8. The summed E-state index contributed by atoms with van der Waals surface area (Å²) in [6, 6.07) is 20.7. The summed E-state index contributed by atoms with van der Waals surface area (Å²) in [6.07, 6.45) is 8.72. The maximum absolute atomic E-state index is 14.7. The maximum atomic E-state index is 14.7. The number of aromatic nitrogens is 6. The van der Waals surface area contributed by atoms with E-state index in [2.05, 4.69) is 30.1 Å². The Hall–Kier alpha value is -5.61. The van der Waals surface area contributed by atoms with Gasteiger partial charge in [0.2, 0.25) is 0 Å². The van der Waals surface area contributed by atoms with Gasteiger partial charge in [-0.2, -0.15) is 5.10 Å². The van der Waals surface area contributed by atoms with Crippen LogP contribution in [0.25, 0.3) is 55.6 Å². The molecule has 0 spiro atoms. The van der Waals surface area contributed by atoms with E-state index in [0.717, 1.165) is 62.1 Å². The molecule has 0 bridgehead atoms. The Bertz CT molecular complexity index is 2110. The molecule has 45 heavy (non-hydrogen) atoms. The topological polar surface area (TPSA) is 105 Å². The highest BCUT2D eigenvalue weighted by atomic mass is 19.1. The van der Waals surface area contributed by atoms with E-state index in [1.807, 2.05) is 73.6 Å². The molecule has 0 unspecified atom stereocenters. The van der Waals surface area contributed by atoms with E-state index in [1.54, 1.807) is 31.0 Å². The van der Waals surface area contributed by atoms with Crippen molar-refractivity contribution in [3.63, 3.8) is 0 Å². The number of pyridine rings is 3. The highest BCUT2D eigenvalue weighted by molar-refractivity contribution is 6.01. The van der Waals surface area contributed by atoms with Crippen LogP contribution in [0.2, 0.25) is 0 Å². The molecule has 5 aromatic heterocycles. The summed E-state index contributed by atoms with van der Waals surface area (Å²) in [4.78, 5) is 18.9. The van der Waals surface area contributed by atoms with E-state index in [9.17, 15) is 4.39 Å². The van der Waals surface area contributed by atoms with Crippen LogP contribution >= 0.6 is 0 Å². The van der Waals surface area contributed by atoms with Crippen molar-refractivity contribution >= 4 is 21.8 Å². The van der Waals surface area contributed by atoms with Crippen molar-refractivity contribution in [1.29, 1.82) is 0 Å². The SMILES string of the molecule is CN(C)CCOc1cc(F)cc(-c2cncc3[nH]c(-c4n[nH]c5cnc(-c6cncc(OCc7ccccc7)c6)cc45)cc23)c1. The molecular formula is C35H30FN7O2. The fraction of sp³-hybridized carbons (Fsp3) is 0.143. The van der Waals surface area contributed by atoms with Crippen LogP contribution in [0.1, 0.15) is 5.56 Å². The molecule has 2 aromatic carbocycles. The Morgan fingerprint density at radius 2 is 1.62 bits per heavy atom.